The van der Waals surface area contributed by atoms with Crippen LogP contribution in [0.4, 0.5) is 5.69 Å². The lowest BCUT2D eigenvalue weighted by Gasteiger charge is -2.21. The van der Waals surface area contributed by atoms with E-state index < -0.39 is 0 Å². The Hall–Kier alpha value is -4.00. The summed E-state index contributed by atoms with van der Waals surface area (Å²) in [7, 11) is 0. The fourth-order valence-corrected chi connectivity index (χ4v) is 6.32. The highest BCUT2D eigenvalue weighted by atomic mass is 32.1. The van der Waals surface area contributed by atoms with Gasteiger partial charge in [-0.3, -0.25) is 9.78 Å². The van der Waals surface area contributed by atoms with Gasteiger partial charge in [0.05, 0.1) is 28.8 Å². The minimum Gasteiger partial charge on any atom is -0.397 e. The van der Waals surface area contributed by atoms with Crippen LogP contribution >= 0.6 is 11.3 Å². The van der Waals surface area contributed by atoms with E-state index in [0.29, 0.717) is 19.1 Å². The summed E-state index contributed by atoms with van der Waals surface area (Å²) in [5.74, 6) is 0.413. The van der Waals surface area contributed by atoms with Gasteiger partial charge in [0.25, 0.3) is 5.91 Å². The van der Waals surface area contributed by atoms with Crippen LogP contribution < -0.4 is 11.1 Å². The molecule has 0 spiro atoms. The highest BCUT2D eigenvalue weighted by Crippen LogP contribution is 2.33. The standard InChI is InChI=1S/C26H29NO2S.C9H8N2/c1-2-22-16-23(20-12-7-4-8-13-20)25(30-22)26(28)27-17-21-14-9-15-24(21)29-18-19-10-5-3-6-11-19;10-8-5-1-3-7-4-2-6-11-9(7)8/h3-8,10-13,16,21,24H,2,9,14-15,17-18H2,1H3,(H,27,28);1-6H,10H2/t21-,24?;/m1./s1. The molecule has 41 heavy (non-hydrogen) atoms. The number of fused-ring (bicyclic) bond motifs is 1. The van der Waals surface area contributed by atoms with Gasteiger partial charge in [0.15, 0.2) is 0 Å². The fourth-order valence-electron chi connectivity index (χ4n) is 5.28. The number of aryl methyl sites for hydroxylation is 1. The van der Waals surface area contributed by atoms with Crippen LogP contribution in [0.5, 0.6) is 0 Å². The van der Waals surface area contributed by atoms with Crippen LogP contribution in [-0.2, 0) is 17.8 Å². The minimum absolute atomic E-state index is 0.0345. The molecule has 5 nitrogen and oxygen atoms in total. The molecule has 3 N–H and O–H groups in total. The average Bonchev–Trinajstić information content (AvgIpc) is 3.68. The number of nitrogen functional groups attached to an aromatic ring is 1. The number of pyridine rings is 1. The molecular weight excluding hydrogens is 526 g/mol. The van der Waals surface area contributed by atoms with Gasteiger partial charge in [-0.1, -0.05) is 92.2 Å². The van der Waals surface area contributed by atoms with Crippen molar-refractivity contribution in [3.05, 3.63) is 119 Å². The number of rotatable bonds is 8. The van der Waals surface area contributed by atoms with E-state index in [1.54, 1.807) is 17.5 Å². The maximum absolute atomic E-state index is 13.1. The number of amides is 1. The molecule has 0 bridgehead atoms. The number of nitrogens with one attached hydrogen (secondary N) is 1. The van der Waals surface area contributed by atoms with E-state index in [4.69, 9.17) is 10.5 Å². The minimum atomic E-state index is 0.0345. The molecule has 2 heterocycles. The predicted octanol–water partition coefficient (Wildman–Crippen LogP) is 7.91. The summed E-state index contributed by atoms with van der Waals surface area (Å²) in [6.07, 6.45) is 6.24. The zero-order valence-corrected chi connectivity index (χ0v) is 24.3. The fraction of sp³-hybridized carbons (Fsp3) is 0.257. The summed E-state index contributed by atoms with van der Waals surface area (Å²) in [6.45, 7) is 3.44. The highest BCUT2D eigenvalue weighted by Gasteiger charge is 2.29. The third-order valence-corrected chi connectivity index (χ3v) is 8.79. The van der Waals surface area contributed by atoms with Crippen LogP contribution in [0.15, 0.2) is 103 Å². The second kappa shape index (κ2) is 14.1. The monoisotopic (exact) mass is 563 g/mol. The first-order valence-corrected chi connectivity index (χ1v) is 15.1. The molecule has 1 fully saturated rings. The first-order valence-electron chi connectivity index (χ1n) is 14.3. The smallest absolute Gasteiger partial charge is 0.262 e. The van der Waals surface area contributed by atoms with E-state index in [2.05, 4.69) is 47.6 Å². The Morgan fingerprint density at radius 3 is 2.49 bits per heavy atom. The molecular formula is C35H37N3O2S. The van der Waals surface area contributed by atoms with Crippen LogP contribution in [0.2, 0.25) is 0 Å². The van der Waals surface area contributed by atoms with Crippen molar-refractivity contribution in [1.29, 1.82) is 0 Å². The lowest BCUT2D eigenvalue weighted by molar-refractivity contribution is 0.0162. The van der Waals surface area contributed by atoms with Crippen LogP contribution in [0.25, 0.3) is 22.0 Å². The molecule has 1 aliphatic carbocycles. The van der Waals surface area contributed by atoms with Crippen molar-refractivity contribution in [2.24, 2.45) is 5.92 Å². The molecule has 0 radical (unpaired) electrons. The molecule has 210 valence electrons. The maximum Gasteiger partial charge on any atom is 0.262 e. The van der Waals surface area contributed by atoms with Gasteiger partial charge < -0.3 is 15.8 Å². The van der Waals surface area contributed by atoms with Crippen LogP contribution in [-0.4, -0.2) is 23.5 Å². The number of ether oxygens (including phenoxy) is 1. The Balaban J connectivity index is 0.000000255. The number of thiophene rings is 1. The van der Waals surface area contributed by atoms with Gasteiger partial charge in [-0.05, 0) is 48.6 Å². The molecule has 2 atom stereocenters. The normalized spacial score (nSPS) is 16.2. The van der Waals surface area contributed by atoms with Gasteiger partial charge in [0, 0.05) is 34.5 Å². The molecule has 6 heteroatoms. The van der Waals surface area contributed by atoms with Crippen molar-refractivity contribution in [3.8, 4) is 11.1 Å². The first kappa shape index (κ1) is 28.5. The highest BCUT2D eigenvalue weighted by molar-refractivity contribution is 7.14. The molecule has 2 aromatic heterocycles. The zero-order chi connectivity index (χ0) is 28.4. The summed E-state index contributed by atoms with van der Waals surface area (Å²) in [5.41, 5.74) is 10.7. The van der Waals surface area contributed by atoms with Crippen molar-refractivity contribution in [1.82, 2.24) is 10.3 Å². The number of carbonyl (C=O) groups excluding carboxylic acids is 1. The second-order valence-corrected chi connectivity index (χ2v) is 11.5. The topological polar surface area (TPSA) is 77.2 Å². The van der Waals surface area contributed by atoms with Gasteiger partial charge in [-0.15, -0.1) is 11.3 Å². The number of benzene rings is 3. The number of hydrogen-bond donors (Lipinski definition) is 2. The number of nitrogens with zero attached hydrogens (tertiary/aromatic N) is 1. The SMILES string of the molecule is CCc1cc(-c2ccccc2)c(C(=O)NC[C@H]2CCCC2OCc2ccccc2)s1.Nc1cccc2cccnc12. The number of nitrogens with two attached hydrogens (primary N) is 1. The third-order valence-electron chi connectivity index (χ3n) is 7.51. The van der Waals surface area contributed by atoms with Gasteiger partial charge in [0.2, 0.25) is 0 Å². The Kier molecular flexibility index (Phi) is 9.78. The van der Waals surface area contributed by atoms with Crippen molar-refractivity contribution < 1.29 is 9.53 Å². The lowest BCUT2D eigenvalue weighted by atomic mass is 10.0. The summed E-state index contributed by atoms with van der Waals surface area (Å²) >= 11 is 1.61. The average molecular weight is 564 g/mol. The van der Waals surface area contributed by atoms with Crippen molar-refractivity contribution in [2.75, 3.05) is 12.3 Å². The number of para-hydroxylation sites is 1. The molecule has 6 rings (SSSR count). The molecule has 1 saturated carbocycles. The number of carbonyl (C=O) groups is 1. The van der Waals surface area contributed by atoms with Gasteiger partial charge >= 0.3 is 0 Å². The Labute approximate surface area is 246 Å². The lowest BCUT2D eigenvalue weighted by Crippen LogP contribution is -2.33. The van der Waals surface area contributed by atoms with Crippen LogP contribution in [0.3, 0.4) is 0 Å². The van der Waals surface area contributed by atoms with E-state index >= 15 is 0 Å². The van der Waals surface area contributed by atoms with Crippen molar-refractivity contribution in [3.63, 3.8) is 0 Å². The molecule has 0 saturated heterocycles. The largest absolute Gasteiger partial charge is 0.397 e. The summed E-state index contributed by atoms with van der Waals surface area (Å²) in [5, 5.41) is 4.30. The summed E-state index contributed by atoms with van der Waals surface area (Å²) in [4.78, 5) is 19.3. The van der Waals surface area contributed by atoms with Gasteiger partial charge in [0.1, 0.15) is 0 Å². The van der Waals surface area contributed by atoms with Crippen molar-refractivity contribution in [2.45, 2.75) is 45.3 Å². The molecule has 5 aromatic rings. The first-order chi connectivity index (χ1) is 20.1. The van der Waals surface area contributed by atoms with E-state index in [-0.39, 0.29) is 12.0 Å². The number of aromatic nitrogens is 1. The van der Waals surface area contributed by atoms with E-state index in [0.717, 1.165) is 58.3 Å². The predicted molar refractivity (Wildman–Crippen MR) is 170 cm³/mol. The number of hydrogen-bond acceptors (Lipinski definition) is 5. The van der Waals surface area contributed by atoms with E-state index in [9.17, 15) is 4.79 Å². The zero-order valence-electron chi connectivity index (χ0n) is 23.5. The molecule has 1 unspecified atom stereocenters. The Morgan fingerprint density at radius 2 is 1.73 bits per heavy atom. The molecule has 0 aliphatic heterocycles. The Bertz CT molecular complexity index is 1550. The van der Waals surface area contributed by atoms with Crippen LogP contribution in [0.1, 0.15) is 46.3 Å². The molecule has 1 aliphatic rings. The summed E-state index contributed by atoms with van der Waals surface area (Å²) < 4.78 is 6.21. The maximum atomic E-state index is 13.1. The quantitative estimate of drug-likeness (QED) is 0.188. The van der Waals surface area contributed by atoms with Gasteiger partial charge in [-0.2, -0.15) is 0 Å². The third kappa shape index (κ3) is 7.40. The van der Waals surface area contributed by atoms with E-state index in [1.165, 1.54) is 10.4 Å². The molecule has 1 amide bonds. The molecule has 3 aromatic carbocycles. The second-order valence-electron chi connectivity index (χ2n) is 10.3. The van der Waals surface area contributed by atoms with E-state index in [1.807, 2.05) is 66.7 Å². The van der Waals surface area contributed by atoms with Crippen molar-refractivity contribution >= 4 is 33.8 Å². The Morgan fingerprint density at radius 1 is 0.976 bits per heavy atom. The number of anilines is 1. The van der Waals surface area contributed by atoms with Gasteiger partial charge in [-0.25, -0.2) is 0 Å². The van der Waals surface area contributed by atoms with Crippen LogP contribution in [0, 0.1) is 5.92 Å². The summed E-state index contributed by atoms with van der Waals surface area (Å²) in [6, 6.07) is 32.3.